The zero-order valence-corrected chi connectivity index (χ0v) is 17.3. The van der Waals surface area contributed by atoms with Gasteiger partial charge in [0.2, 0.25) is 11.6 Å². The van der Waals surface area contributed by atoms with Crippen molar-refractivity contribution in [3.8, 4) is 17.4 Å². The molecule has 0 amide bonds. The Kier molecular flexibility index (Phi) is 8.52. The Hall–Kier alpha value is -2.98. The van der Waals surface area contributed by atoms with E-state index < -0.39 is 17.7 Å². The molecule has 0 bridgehead atoms. The molecule has 11 heteroatoms. The molecule has 1 N–H and O–H groups in total. The first-order chi connectivity index (χ1) is 14.7. The van der Waals surface area contributed by atoms with Crippen LogP contribution >= 0.6 is 11.6 Å². The first-order valence-electron chi connectivity index (χ1n) is 8.81. The van der Waals surface area contributed by atoms with Crippen molar-refractivity contribution in [2.45, 2.75) is 12.6 Å². The number of carbonyl (C=O) groups is 1. The molecular weight excluding hydrogens is 443 g/mol. The van der Waals surface area contributed by atoms with Crippen LogP contribution < -0.4 is 9.47 Å². The lowest BCUT2D eigenvalue weighted by Crippen LogP contribution is -2.06. The predicted octanol–water partition coefficient (Wildman–Crippen LogP) is 5.03. The number of alkyl halides is 3. The molecule has 1 aromatic heterocycles. The maximum atomic E-state index is 12.8. The van der Waals surface area contributed by atoms with Gasteiger partial charge < -0.3 is 24.1 Å². The number of halogens is 4. The Labute approximate surface area is 181 Å². The summed E-state index contributed by atoms with van der Waals surface area (Å²) >= 11 is 5.91. The third-order valence-electron chi connectivity index (χ3n) is 3.81. The van der Waals surface area contributed by atoms with Crippen molar-refractivity contribution in [1.29, 1.82) is 0 Å². The second kappa shape index (κ2) is 10.9. The SMILES string of the molecule is COCCCOc1ccc(/C=C(/OC)C(=O)O)c(Oc2ncc(C(F)(F)F)cc2Cl)c1. The van der Waals surface area contributed by atoms with Crippen LogP contribution in [0.3, 0.4) is 0 Å². The molecule has 2 aromatic rings. The highest BCUT2D eigenvalue weighted by atomic mass is 35.5. The summed E-state index contributed by atoms with van der Waals surface area (Å²) in [5.41, 5.74) is -0.783. The zero-order chi connectivity index (χ0) is 23.0. The van der Waals surface area contributed by atoms with Crippen molar-refractivity contribution in [1.82, 2.24) is 4.98 Å². The Balaban J connectivity index is 2.40. The number of hydrogen-bond donors (Lipinski definition) is 1. The van der Waals surface area contributed by atoms with Gasteiger partial charge in [-0.1, -0.05) is 11.6 Å². The first kappa shape index (κ1) is 24.3. The number of carboxylic acid groups (broad SMARTS) is 1. The fourth-order valence-electron chi connectivity index (χ4n) is 2.31. The van der Waals surface area contributed by atoms with Gasteiger partial charge in [0.05, 0.1) is 19.3 Å². The van der Waals surface area contributed by atoms with Gasteiger partial charge >= 0.3 is 12.1 Å². The number of aromatic nitrogens is 1. The molecule has 7 nitrogen and oxygen atoms in total. The molecule has 0 aliphatic heterocycles. The van der Waals surface area contributed by atoms with Crippen molar-refractivity contribution in [2.24, 2.45) is 0 Å². The monoisotopic (exact) mass is 461 g/mol. The number of pyridine rings is 1. The van der Waals surface area contributed by atoms with E-state index in [0.29, 0.717) is 37.6 Å². The van der Waals surface area contributed by atoms with E-state index >= 15 is 0 Å². The Morgan fingerprint density at radius 1 is 1.23 bits per heavy atom. The lowest BCUT2D eigenvalue weighted by atomic mass is 10.1. The summed E-state index contributed by atoms with van der Waals surface area (Å²) in [7, 11) is 2.74. The fraction of sp³-hybridized carbons (Fsp3) is 0.300. The normalized spacial score (nSPS) is 11.9. The zero-order valence-electron chi connectivity index (χ0n) is 16.5. The lowest BCUT2D eigenvalue weighted by molar-refractivity contribution is -0.138. The third kappa shape index (κ3) is 7.04. The minimum absolute atomic E-state index is 0.0502. The second-order valence-corrected chi connectivity index (χ2v) is 6.43. The van der Waals surface area contributed by atoms with Crippen LogP contribution in [-0.4, -0.2) is 43.5 Å². The van der Waals surface area contributed by atoms with Crippen molar-refractivity contribution < 1.29 is 42.0 Å². The number of aliphatic carboxylic acids is 1. The van der Waals surface area contributed by atoms with E-state index in [1.807, 2.05) is 0 Å². The highest BCUT2D eigenvalue weighted by molar-refractivity contribution is 6.31. The summed E-state index contributed by atoms with van der Waals surface area (Å²) in [6, 6.07) is 5.19. The van der Waals surface area contributed by atoms with Crippen LogP contribution in [0, 0.1) is 0 Å². The van der Waals surface area contributed by atoms with Crippen LogP contribution in [0.15, 0.2) is 36.2 Å². The summed E-state index contributed by atoms with van der Waals surface area (Å²) in [6.45, 7) is 0.825. The maximum Gasteiger partial charge on any atom is 0.417 e. The molecule has 2 rings (SSSR count). The average molecular weight is 462 g/mol. The molecule has 0 fully saturated rings. The summed E-state index contributed by atoms with van der Waals surface area (Å²) < 4.78 is 59.4. The van der Waals surface area contributed by atoms with Gasteiger partial charge in [0.25, 0.3) is 0 Å². The van der Waals surface area contributed by atoms with Crippen molar-refractivity contribution >= 4 is 23.6 Å². The molecule has 0 radical (unpaired) electrons. The topological polar surface area (TPSA) is 87.1 Å². The molecule has 0 unspecified atom stereocenters. The largest absolute Gasteiger partial charge is 0.493 e. The van der Waals surface area contributed by atoms with Crippen LogP contribution in [0.4, 0.5) is 13.2 Å². The quantitative estimate of drug-likeness (QED) is 0.301. The Morgan fingerprint density at radius 2 is 1.97 bits per heavy atom. The molecule has 31 heavy (non-hydrogen) atoms. The molecular formula is C20H19ClF3NO6. The fourth-order valence-corrected chi connectivity index (χ4v) is 2.52. The van der Waals surface area contributed by atoms with Crippen molar-refractivity contribution in [3.05, 3.63) is 52.4 Å². The number of carboxylic acids is 1. The van der Waals surface area contributed by atoms with E-state index in [0.717, 1.165) is 0 Å². The van der Waals surface area contributed by atoms with Crippen LogP contribution in [-0.2, 0) is 20.4 Å². The second-order valence-electron chi connectivity index (χ2n) is 6.02. The summed E-state index contributed by atoms with van der Waals surface area (Å²) in [4.78, 5) is 14.9. The molecule has 0 spiro atoms. The predicted molar refractivity (Wildman–Crippen MR) is 105 cm³/mol. The van der Waals surface area contributed by atoms with Crippen LogP contribution in [0.25, 0.3) is 6.08 Å². The number of nitrogens with zero attached hydrogens (tertiary/aromatic N) is 1. The molecule has 168 valence electrons. The van der Waals surface area contributed by atoms with Crippen molar-refractivity contribution in [2.75, 3.05) is 27.4 Å². The Morgan fingerprint density at radius 3 is 2.55 bits per heavy atom. The van der Waals surface area contributed by atoms with Crippen LogP contribution in [0.2, 0.25) is 5.02 Å². The smallest absolute Gasteiger partial charge is 0.417 e. The molecule has 0 saturated carbocycles. The minimum atomic E-state index is -4.62. The maximum absolute atomic E-state index is 12.8. The van der Waals surface area contributed by atoms with E-state index in [-0.39, 0.29) is 28.0 Å². The Bertz CT molecular complexity index is 949. The van der Waals surface area contributed by atoms with Crippen LogP contribution in [0.1, 0.15) is 17.5 Å². The van der Waals surface area contributed by atoms with Gasteiger partial charge in [-0.3, -0.25) is 0 Å². The molecule has 0 atom stereocenters. The molecule has 0 saturated heterocycles. The van der Waals surface area contributed by atoms with E-state index in [1.165, 1.54) is 25.3 Å². The molecule has 1 heterocycles. The third-order valence-corrected chi connectivity index (χ3v) is 4.08. The average Bonchev–Trinajstić information content (AvgIpc) is 2.71. The highest BCUT2D eigenvalue weighted by Crippen LogP contribution is 2.37. The molecule has 0 aliphatic carbocycles. The van der Waals surface area contributed by atoms with Gasteiger partial charge in [0, 0.05) is 38.0 Å². The number of benzene rings is 1. The molecule has 1 aromatic carbocycles. The lowest BCUT2D eigenvalue weighted by Gasteiger charge is -2.14. The number of hydrogen-bond acceptors (Lipinski definition) is 6. The van der Waals surface area contributed by atoms with Crippen molar-refractivity contribution in [3.63, 3.8) is 0 Å². The van der Waals surface area contributed by atoms with Gasteiger partial charge in [0.15, 0.2) is 0 Å². The number of rotatable bonds is 10. The summed E-state index contributed by atoms with van der Waals surface area (Å²) in [5, 5.41) is 8.80. The standard InChI is InChI=1S/C20H19ClF3NO6/c1-28-6-3-7-30-14-5-4-12(8-17(29-2)19(26)27)16(10-14)31-18-15(21)9-13(11-25-18)20(22,23)24/h4-5,8-11H,3,6-7H2,1-2H3,(H,26,27)/b17-8+. The molecule has 0 aliphatic rings. The first-order valence-corrected chi connectivity index (χ1v) is 9.19. The van der Waals surface area contributed by atoms with Gasteiger partial charge in [0.1, 0.15) is 16.5 Å². The highest BCUT2D eigenvalue weighted by Gasteiger charge is 2.32. The van der Waals surface area contributed by atoms with E-state index in [9.17, 15) is 23.1 Å². The summed E-state index contributed by atoms with van der Waals surface area (Å²) in [6.07, 6.45) is -2.23. The van der Waals surface area contributed by atoms with Gasteiger partial charge in [-0.2, -0.15) is 13.2 Å². The van der Waals surface area contributed by atoms with E-state index in [4.69, 9.17) is 30.5 Å². The van der Waals surface area contributed by atoms with Gasteiger partial charge in [-0.15, -0.1) is 0 Å². The number of methoxy groups -OCH3 is 2. The van der Waals surface area contributed by atoms with Gasteiger partial charge in [-0.05, 0) is 24.3 Å². The van der Waals surface area contributed by atoms with Gasteiger partial charge in [-0.25, -0.2) is 9.78 Å². The van der Waals surface area contributed by atoms with E-state index in [1.54, 1.807) is 13.2 Å². The van der Waals surface area contributed by atoms with E-state index in [2.05, 4.69) is 4.98 Å². The summed E-state index contributed by atoms with van der Waals surface area (Å²) in [5.74, 6) is -1.57. The number of ether oxygens (including phenoxy) is 4. The van der Waals surface area contributed by atoms with Crippen LogP contribution in [0.5, 0.6) is 17.4 Å². The minimum Gasteiger partial charge on any atom is -0.493 e.